The van der Waals surface area contributed by atoms with Crippen LogP contribution in [0.5, 0.6) is 0 Å². The molecule has 1 aromatic carbocycles. The molecule has 22 heavy (non-hydrogen) atoms. The van der Waals surface area contributed by atoms with E-state index in [4.69, 9.17) is 0 Å². The third-order valence-electron chi connectivity index (χ3n) is 4.19. The summed E-state index contributed by atoms with van der Waals surface area (Å²) in [7, 11) is 0. The van der Waals surface area contributed by atoms with E-state index in [0.29, 0.717) is 0 Å². The first-order valence-electron chi connectivity index (χ1n) is 7.81. The highest BCUT2D eigenvalue weighted by Crippen LogP contribution is 2.22. The van der Waals surface area contributed by atoms with Crippen molar-refractivity contribution in [2.24, 2.45) is 0 Å². The van der Waals surface area contributed by atoms with Gasteiger partial charge < -0.3 is 15.1 Å². The molecule has 2 N–H and O–H groups in total. The number of amides is 2. The molecule has 0 aromatic heterocycles. The molecule has 0 radical (unpaired) electrons. The van der Waals surface area contributed by atoms with Gasteiger partial charge in [-0.3, -0.25) is 14.9 Å². The average molecular weight is 302 g/mol. The molecule has 2 fully saturated rings. The lowest BCUT2D eigenvalue weighted by atomic mass is 10.1. The zero-order chi connectivity index (χ0) is 15.4. The number of benzene rings is 1. The number of nitrogens with zero attached hydrogens (tertiary/aromatic N) is 2. The molecule has 2 saturated heterocycles. The Morgan fingerprint density at radius 3 is 2.41 bits per heavy atom. The van der Waals surface area contributed by atoms with Gasteiger partial charge in [-0.05, 0) is 18.1 Å². The molecular weight excluding hydrogens is 280 g/mol. The largest absolute Gasteiger partial charge is 0.353 e. The summed E-state index contributed by atoms with van der Waals surface area (Å²) in [6, 6.07) is 8.07. The first kappa shape index (κ1) is 15.0. The molecule has 0 spiro atoms. The van der Waals surface area contributed by atoms with Crippen LogP contribution >= 0.6 is 0 Å². The first-order chi connectivity index (χ1) is 10.7. The Morgan fingerprint density at radius 1 is 1.00 bits per heavy atom. The molecule has 3 rings (SSSR count). The van der Waals surface area contributed by atoms with E-state index in [1.807, 2.05) is 23.1 Å². The van der Waals surface area contributed by atoms with Crippen molar-refractivity contribution < 1.29 is 9.59 Å². The van der Waals surface area contributed by atoms with E-state index in [0.717, 1.165) is 44.8 Å². The van der Waals surface area contributed by atoms with Crippen LogP contribution in [0.15, 0.2) is 24.3 Å². The minimum atomic E-state index is -0.229. The van der Waals surface area contributed by atoms with Crippen LogP contribution in [0, 0.1) is 0 Å². The molecule has 118 valence electrons. The maximum atomic E-state index is 11.6. The summed E-state index contributed by atoms with van der Waals surface area (Å²) >= 11 is 0. The second-order valence-electron chi connectivity index (χ2n) is 5.80. The van der Waals surface area contributed by atoms with Crippen LogP contribution < -0.4 is 15.5 Å². The van der Waals surface area contributed by atoms with Gasteiger partial charge in [0.25, 0.3) is 0 Å². The molecule has 0 aliphatic carbocycles. The highest BCUT2D eigenvalue weighted by Gasteiger charge is 2.24. The van der Waals surface area contributed by atoms with Crippen LogP contribution in [0.1, 0.15) is 5.56 Å². The van der Waals surface area contributed by atoms with E-state index < -0.39 is 0 Å². The third-order valence-corrected chi connectivity index (χ3v) is 4.19. The molecule has 2 aliphatic rings. The summed E-state index contributed by atoms with van der Waals surface area (Å²) in [5.74, 6) is -0.457. The van der Waals surface area contributed by atoms with Crippen molar-refractivity contribution in [3.05, 3.63) is 29.8 Å². The smallest absolute Gasteiger partial charge is 0.246 e. The van der Waals surface area contributed by atoms with E-state index in [2.05, 4.69) is 21.6 Å². The van der Waals surface area contributed by atoms with Crippen molar-refractivity contribution in [3.63, 3.8) is 0 Å². The highest BCUT2D eigenvalue weighted by atomic mass is 16.2. The van der Waals surface area contributed by atoms with Gasteiger partial charge >= 0.3 is 0 Å². The fraction of sp³-hybridized carbons (Fsp3) is 0.500. The van der Waals surface area contributed by atoms with Crippen molar-refractivity contribution in [2.45, 2.75) is 6.42 Å². The van der Waals surface area contributed by atoms with Gasteiger partial charge in [-0.25, -0.2) is 0 Å². The number of para-hydroxylation sites is 1. The molecule has 0 atom stereocenters. The zero-order valence-electron chi connectivity index (χ0n) is 12.7. The van der Waals surface area contributed by atoms with Gasteiger partial charge in [0, 0.05) is 38.4 Å². The minimum absolute atomic E-state index is 0.229. The standard InChI is InChI=1S/C16H22N4O2/c21-15-11-20(12-16(22)18-15)14-4-2-1-3-13(14)5-8-19-9-6-17-7-10-19/h1-4,17H,5-12H2,(H,18,21,22). The lowest BCUT2D eigenvalue weighted by Gasteiger charge is -2.30. The first-order valence-corrected chi connectivity index (χ1v) is 7.81. The minimum Gasteiger partial charge on any atom is -0.353 e. The van der Waals surface area contributed by atoms with Crippen LogP contribution in [0.25, 0.3) is 0 Å². The van der Waals surface area contributed by atoms with Gasteiger partial charge in [0.1, 0.15) is 0 Å². The number of carbonyl (C=O) groups is 2. The number of nitrogens with one attached hydrogen (secondary N) is 2. The zero-order valence-corrected chi connectivity index (χ0v) is 12.7. The number of carbonyl (C=O) groups excluding carboxylic acids is 2. The number of anilines is 1. The van der Waals surface area contributed by atoms with E-state index in [1.165, 1.54) is 5.56 Å². The number of hydrogen-bond donors (Lipinski definition) is 2. The van der Waals surface area contributed by atoms with Gasteiger partial charge in [0.2, 0.25) is 11.8 Å². The molecule has 6 heteroatoms. The molecular formula is C16H22N4O2. The van der Waals surface area contributed by atoms with E-state index in [1.54, 1.807) is 0 Å². The van der Waals surface area contributed by atoms with Gasteiger partial charge in [0.05, 0.1) is 13.1 Å². The Kier molecular flexibility index (Phi) is 4.70. The van der Waals surface area contributed by atoms with Crippen molar-refractivity contribution in [3.8, 4) is 0 Å². The Morgan fingerprint density at radius 2 is 1.68 bits per heavy atom. The monoisotopic (exact) mass is 302 g/mol. The topological polar surface area (TPSA) is 64.7 Å². The number of hydrogen-bond acceptors (Lipinski definition) is 5. The third kappa shape index (κ3) is 3.64. The van der Waals surface area contributed by atoms with Crippen LogP contribution in [0.2, 0.25) is 0 Å². The Bertz CT molecular complexity index is 539. The van der Waals surface area contributed by atoms with Crippen molar-refractivity contribution in [1.82, 2.24) is 15.5 Å². The lowest BCUT2D eigenvalue weighted by molar-refractivity contribution is -0.130. The number of rotatable bonds is 4. The quantitative estimate of drug-likeness (QED) is 0.741. The highest BCUT2D eigenvalue weighted by molar-refractivity contribution is 6.02. The van der Waals surface area contributed by atoms with E-state index in [9.17, 15) is 9.59 Å². The molecule has 0 bridgehead atoms. The SMILES string of the molecule is O=C1CN(c2ccccc2CCN2CCNCC2)CC(=O)N1. The second kappa shape index (κ2) is 6.89. The molecule has 2 heterocycles. The van der Waals surface area contributed by atoms with Crippen LogP contribution in [0.4, 0.5) is 5.69 Å². The van der Waals surface area contributed by atoms with Gasteiger partial charge in [0.15, 0.2) is 0 Å². The van der Waals surface area contributed by atoms with Gasteiger partial charge in [-0.2, -0.15) is 0 Å². The predicted molar refractivity (Wildman–Crippen MR) is 84.8 cm³/mol. The van der Waals surface area contributed by atoms with Crippen LogP contribution in [-0.4, -0.2) is 62.5 Å². The average Bonchev–Trinajstić information content (AvgIpc) is 2.53. The summed E-state index contributed by atoms with van der Waals surface area (Å²) in [5.41, 5.74) is 2.20. The van der Waals surface area contributed by atoms with E-state index >= 15 is 0 Å². The predicted octanol–water partition coefficient (Wildman–Crippen LogP) is -0.403. The molecule has 2 amide bonds. The summed E-state index contributed by atoms with van der Waals surface area (Å²) in [6.45, 7) is 5.74. The second-order valence-corrected chi connectivity index (χ2v) is 5.80. The van der Waals surface area contributed by atoms with Gasteiger partial charge in [-0.15, -0.1) is 0 Å². The van der Waals surface area contributed by atoms with Crippen LogP contribution in [-0.2, 0) is 16.0 Å². The lowest BCUT2D eigenvalue weighted by Crippen LogP contribution is -2.51. The fourth-order valence-electron chi connectivity index (χ4n) is 3.05. The van der Waals surface area contributed by atoms with Crippen molar-refractivity contribution in [1.29, 1.82) is 0 Å². The maximum Gasteiger partial charge on any atom is 0.246 e. The Balaban J connectivity index is 1.69. The Hall–Kier alpha value is -1.92. The maximum absolute atomic E-state index is 11.6. The molecule has 0 unspecified atom stereocenters. The summed E-state index contributed by atoms with van der Waals surface area (Å²) in [5, 5.41) is 5.70. The number of imide groups is 1. The normalized spacial score (nSPS) is 20.1. The summed E-state index contributed by atoms with van der Waals surface area (Å²) in [4.78, 5) is 27.5. The molecule has 0 saturated carbocycles. The van der Waals surface area contributed by atoms with Crippen LogP contribution in [0.3, 0.4) is 0 Å². The van der Waals surface area contributed by atoms with E-state index in [-0.39, 0.29) is 24.9 Å². The summed E-state index contributed by atoms with van der Waals surface area (Å²) < 4.78 is 0. The van der Waals surface area contributed by atoms with Gasteiger partial charge in [-0.1, -0.05) is 18.2 Å². The molecule has 2 aliphatic heterocycles. The number of piperazine rings is 2. The van der Waals surface area contributed by atoms with Crippen molar-refractivity contribution in [2.75, 3.05) is 50.7 Å². The van der Waals surface area contributed by atoms with Crippen molar-refractivity contribution >= 4 is 17.5 Å². The molecule has 1 aromatic rings. The summed E-state index contributed by atoms with van der Waals surface area (Å²) in [6.07, 6.45) is 0.933. The molecule has 6 nitrogen and oxygen atoms in total. The Labute approximate surface area is 130 Å². The fourth-order valence-corrected chi connectivity index (χ4v) is 3.05.